The lowest BCUT2D eigenvalue weighted by atomic mass is 10.0. The fourth-order valence-electron chi connectivity index (χ4n) is 2.06. The zero-order chi connectivity index (χ0) is 14.3. The molecule has 0 radical (unpaired) electrons. The van der Waals surface area contributed by atoms with Gasteiger partial charge >= 0.3 is 0 Å². The molecule has 0 aliphatic rings. The van der Waals surface area contributed by atoms with Crippen LogP contribution in [0.3, 0.4) is 0 Å². The Hall–Kier alpha value is -0.280. The van der Waals surface area contributed by atoms with Gasteiger partial charge in [0, 0.05) is 13.2 Å². The van der Waals surface area contributed by atoms with E-state index in [2.05, 4.69) is 19.2 Å². The van der Waals surface area contributed by atoms with Crippen LogP contribution in [0.5, 0.6) is 0 Å². The van der Waals surface area contributed by atoms with Crippen molar-refractivity contribution in [3.63, 3.8) is 0 Å². The van der Waals surface area contributed by atoms with Gasteiger partial charge in [-0.3, -0.25) is 0 Å². The maximum atomic E-state index is 6.25. The minimum absolute atomic E-state index is 0.229. The van der Waals surface area contributed by atoms with Crippen LogP contribution in [0, 0.1) is 0 Å². The fourth-order valence-corrected chi connectivity index (χ4v) is 2.45. The number of hydrogen-bond acceptors (Lipinski definition) is 2. The zero-order valence-corrected chi connectivity index (χ0v) is 13.4. The van der Waals surface area contributed by atoms with Gasteiger partial charge in [-0.25, -0.2) is 0 Å². The first-order chi connectivity index (χ1) is 9.08. The van der Waals surface area contributed by atoms with Crippen LogP contribution in [0.15, 0.2) is 18.2 Å². The van der Waals surface area contributed by atoms with E-state index in [0.29, 0.717) is 16.1 Å². The van der Waals surface area contributed by atoms with Gasteiger partial charge in [-0.1, -0.05) is 42.3 Å². The van der Waals surface area contributed by atoms with Gasteiger partial charge in [0.25, 0.3) is 0 Å². The number of rotatable bonds is 8. The highest BCUT2D eigenvalue weighted by atomic mass is 35.5. The molecule has 2 unspecified atom stereocenters. The SMILES string of the molecule is CCCNC(Cc1cccc(Cl)c1Cl)CC(C)OC. The van der Waals surface area contributed by atoms with Crippen molar-refractivity contribution < 1.29 is 4.74 Å². The molecule has 1 aromatic rings. The fraction of sp³-hybridized carbons (Fsp3) is 0.600. The molecule has 0 aliphatic heterocycles. The van der Waals surface area contributed by atoms with Crippen molar-refractivity contribution in [2.75, 3.05) is 13.7 Å². The van der Waals surface area contributed by atoms with E-state index in [1.165, 1.54) is 0 Å². The molecule has 0 saturated heterocycles. The molecule has 0 bridgehead atoms. The van der Waals surface area contributed by atoms with E-state index >= 15 is 0 Å². The average molecular weight is 304 g/mol. The summed E-state index contributed by atoms with van der Waals surface area (Å²) in [6.07, 6.45) is 3.17. The minimum Gasteiger partial charge on any atom is -0.382 e. The molecular weight excluding hydrogens is 281 g/mol. The lowest BCUT2D eigenvalue weighted by molar-refractivity contribution is 0.100. The van der Waals surface area contributed by atoms with Gasteiger partial charge in [-0.15, -0.1) is 0 Å². The van der Waals surface area contributed by atoms with Gasteiger partial charge in [0.1, 0.15) is 0 Å². The second kappa shape index (κ2) is 8.80. The van der Waals surface area contributed by atoms with Gasteiger partial charge in [0.05, 0.1) is 16.1 Å². The lowest BCUT2D eigenvalue weighted by Crippen LogP contribution is -2.35. The Bertz CT molecular complexity index is 384. The second-order valence-corrected chi connectivity index (χ2v) is 5.64. The van der Waals surface area contributed by atoms with E-state index < -0.39 is 0 Å². The summed E-state index contributed by atoms with van der Waals surface area (Å²) in [7, 11) is 1.74. The van der Waals surface area contributed by atoms with Crippen molar-refractivity contribution in [3.8, 4) is 0 Å². The maximum absolute atomic E-state index is 6.25. The number of benzene rings is 1. The third-order valence-electron chi connectivity index (χ3n) is 3.20. The summed E-state index contributed by atoms with van der Waals surface area (Å²) in [4.78, 5) is 0. The normalized spacial score (nSPS) is 14.4. The van der Waals surface area contributed by atoms with Gasteiger partial charge in [0.15, 0.2) is 0 Å². The van der Waals surface area contributed by atoms with Crippen LogP contribution < -0.4 is 5.32 Å². The third-order valence-corrected chi connectivity index (χ3v) is 4.06. The van der Waals surface area contributed by atoms with E-state index in [4.69, 9.17) is 27.9 Å². The molecule has 0 aliphatic carbocycles. The Balaban J connectivity index is 2.72. The first-order valence-electron chi connectivity index (χ1n) is 6.77. The molecule has 0 amide bonds. The van der Waals surface area contributed by atoms with Gasteiger partial charge in [0.2, 0.25) is 0 Å². The Kier molecular flexibility index (Phi) is 7.77. The molecule has 0 spiro atoms. The zero-order valence-electron chi connectivity index (χ0n) is 11.9. The lowest BCUT2D eigenvalue weighted by Gasteiger charge is -2.22. The molecule has 1 rings (SSSR count). The average Bonchev–Trinajstić information content (AvgIpc) is 2.41. The first kappa shape index (κ1) is 16.8. The highest BCUT2D eigenvalue weighted by Crippen LogP contribution is 2.27. The van der Waals surface area contributed by atoms with Gasteiger partial charge < -0.3 is 10.1 Å². The first-order valence-corrected chi connectivity index (χ1v) is 7.53. The second-order valence-electron chi connectivity index (χ2n) is 4.85. The minimum atomic E-state index is 0.229. The summed E-state index contributed by atoms with van der Waals surface area (Å²) < 4.78 is 5.35. The standard InChI is InChI=1S/C15H23Cl2NO/c1-4-8-18-13(9-11(2)19-3)10-12-6-5-7-14(16)15(12)17/h5-7,11,13,18H,4,8-10H2,1-3H3. The topological polar surface area (TPSA) is 21.3 Å². The molecule has 0 fully saturated rings. The van der Waals surface area contributed by atoms with Gasteiger partial charge in [-0.2, -0.15) is 0 Å². The molecule has 0 heterocycles. The van der Waals surface area contributed by atoms with Crippen LogP contribution in [0.2, 0.25) is 10.0 Å². The monoisotopic (exact) mass is 303 g/mol. The third kappa shape index (κ3) is 5.70. The van der Waals surface area contributed by atoms with Crippen LogP contribution in [0.1, 0.15) is 32.3 Å². The summed E-state index contributed by atoms with van der Waals surface area (Å²) >= 11 is 12.3. The molecule has 1 N–H and O–H groups in total. The van der Waals surface area contributed by atoms with Crippen molar-refractivity contribution in [3.05, 3.63) is 33.8 Å². The predicted molar refractivity (Wildman–Crippen MR) is 83.3 cm³/mol. The quantitative estimate of drug-likeness (QED) is 0.772. The highest BCUT2D eigenvalue weighted by molar-refractivity contribution is 6.42. The number of hydrogen-bond donors (Lipinski definition) is 1. The number of ether oxygens (including phenoxy) is 1. The molecular formula is C15H23Cl2NO. The van der Waals surface area contributed by atoms with Crippen molar-refractivity contribution in [2.24, 2.45) is 0 Å². The summed E-state index contributed by atoms with van der Waals surface area (Å²) in [5.74, 6) is 0. The van der Waals surface area contributed by atoms with E-state index in [0.717, 1.165) is 31.4 Å². The highest BCUT2D eigenvalue weighted by Gasteiger charge is 2.15. The van der Waals surface area contributed by atoms with Crippen molar-refractivity contribution in [1.82, 2.24) is 5.32 Å². The largest absolute Gasteiger partial charge is 0.382 e. The van der Waals surface area contributed by atoms with Crippen LogP contribution in [0.4, 0.5) is 0 Å². The predicted octanol–water partition coefficient (Wildman–Crippen LogP) is 4.33. The molecule has 4 heteroatoms. The van der Waals surface area contributed by atoms with Crippen LogP contribution in [0.25, 0.3) is 0 Å². The van der Waals surface area contributed by atoms with E-state index in [9.17, 15) is 0 Å². The molecule has 1 aromatic carbocycles. The molecule has 19 heavy (non-hydrogen) atoms. The summed E-state index contributed by atoms with van der Waals surface area (Å²) in [5, 5.41) is 4.83. The molecule has 2 nitrogen and oxygen atoms in total. The Morgan fingerprint density at radius 2 is 2.05 bits per heavy atom. The molecule has 108 valence electrons. The Morgan fingerprint density at radius 1 is 1.32 bits per heavy atom. The van der Waals surface area contributed by atoms with Crippen LogP contribution in [-0.2, 0) is 11.2 Å². The van der Waals surface area contributed by atoms with E-state index in [1.807, 2.05) is 18.2 Å². The Morgan fingerprint density at radius 3 is 2.68 bits per heavy atom. The Labute approximate surface area is 126 Å². The van der Waals surface area contributed by atoms with Crippen molar-refractivity contribution >= 4 is 23.2 Å². The van der Waals surface area contributed by atoms with Crippen LogP contribution in [-0.4, -0.2) is 25.8 Å². The van der Waals surface area contributed by atoms with Gasteiger partial charge in [-0.05, 0) is 44.4 Å². The number of halogens is 2. The van der Waals surface area contributed by atoms with Crippen LogP contribution >= 0.6 is 23.2 Å². The van der Waals surface area contributed by atoms with Crippen molar-refractivity contribution in [1.29, 1.82) is 0 Å². The number of methoxy groups -OCH3 is 1. The summed E-state index contributed by atoms with van der Waals surface area (Å²) in [5.41, 5.74) is 1.09. The molecule has 0 saturated carbocycles. The summed E-state index contributed by atoms with van der Waals surface area (Å²) in [6.45, 7) is 5.25. The molecule has 2 atom stereocenters. The summed E-state index contributed by atoms with van der Waals surface area (Å²) in [6, 6.07) is 6.15. The van der Waals surface area contributed by atoms with E-state index in [1.54, 1.807) is 7.11 Å². The molecule has 0 aromatic heterocycles. The smallest absolute Gasteiger partial charge is 0.0624 e. The number of nitrogens with one attached hydrogen (secondary N) is 1. The van der Waals surface area contributed by atoms with E-state index in [-0.39, 0.29) is 6.10 Å². The van der Waals surface area contributed by atoms with Crippen molar-refractivity contribution in [2.45, 2.75) is 45.3 Å². The maximum Gasteiger partial charge on any atom is 0.0624 e.